The number of aryl methyl sites for hydroxylation is 1. The number of aromatic nitrogens is 2. The highest BCUT2D eigenvalue weighted by Gasteiger charge is 2.17. The van der Waals surface area contributed by atoms with Crippen LogP contribution in [0.25, 0.3) is 0 Å². The zero-order valence-electron chi connectivity index (χ0n) is 10.3. The lowest BCUT2D eigenvalue weighted by Gasteiger charge is -2.26. The van der Waals surface area contributed by atoms with Crippen molar-refractivity contribution in [3.8, 4) is 0 Å². The number of anilines is 1. The van der Waals surface area contributed by atoms with Gasteiger partial charge in [0.05, 0.1) is 0 Å². The predicted molar refractivity (Wildman–Crippen MR) is 69.1 cm³/mol. The summed E-state index contributed by atoms with van der Waals surface area (Å²) in [6.45, 7) is 3.28. The molecule has 1 heterocycles. The van der Waals surface area contributed by atoms with Crippen molar-refractivity contribution in [1.29, 1.82) is 0 Å². The molecule has 90 valence electrons. The van der Waals surface area contributed by atoms with E-state index >= 15 is 0 Å². The molecule has 1 aliphatic rings. The molecule has 1 fully saturated rings. The van der Waals surface area contributed by atoms with Crippen molar-refractivity contribution in [3.63, 3.8) is 0 Å². The minimum atomic E-state index is 0.868. The van der Waals surface area contributed by atoms with E-state index in [4.69, 9.17) is 0 Å². The van der Waals surface area contributed by atoms with E-state index in [0.717, 1.165) is 29.0 Å². The van der Waals surface area contributed by atoms with Crippen LogP contribution in [0.15, 0.2) is 0 Å². The van der Waals surface area contributed by atoms with Gasteiger partial charge < -0.3 is 4.90 Å². The van der Waals surface area contributed by atoms with Crippen molar-refractivity contribution in [2.75, 3.05) is 18.5 Å². The second-order valence-corrected chi connectivity index (χ2v) is 5.76. The molecule has 0 aromatic carbocycles. The number of hydrogen-bond acceptors (Lipinski definition) is 4. The summed E-state index contributed by atoms with van der Waals surface area (Å²) in [5.74, 6) is 0.868. The van der Waals surface area contributed by atoms with E-state index in [1.54, 1.807) is 11.3 Å². The van der Waals surface area contributed by atoms with Gasteiger partial charge in [-0.25, -0.2) is 0 Å². The Morgan fingerprint density at radius 1 is 1.25 bits per heavy atom. The quantitative estimate of drug-likeness (QED) is 0.808. The van der Waals surface area contributed by atoms with Gasteiger partial charge in [-0.15, -0.1) is 10.2 Å². The molecular formula is C12H21N3S. The van der Waals surface area contributed by atoms with Gasteiger partial charge in [0.1, 0.15) is 5.01 Å². The second kappa shape index (κ2) is 5.62. The molecule has 2 rings (SSSR count). The van der Waals surface area contributed by atoms with Gasteiger partial charge in [0.25, 0.3) is 0 Å². The Balaban J connectivity index is 1.88. The summed E-state index contributed by atoms with van der Waals surface area (Å²) < 4.78 is 0. The predicted octanol–water partition coefficient (Wildman–Crippen LogP) is 3.12. The summed E-state index contributed by atoms with van der Waals surface area (Å²) in [5, 5.41) is 10.7. The average molecular weight is 239 g/mol. The maximum absolute atomic E-state index is 4.25. The van der Waals surface area contributed by atoms with Crippen LogP contribution in [0.1, 0.15) is 44.0 Å². The third kappa shape index (κ3) is 2.94. The van der Waals surface area contributed by atoms with E-state index < -0.39 is 0 Å². The first-order valence-electron chi connectivity index (χ1n) is 6.33. The molecule has 1 aliphatic carbocycles. The van der Waals surface area contributed by atoms with Crippen molar-refractivity contribution in [2.24, 2.45) is 5.92 Å². The SMILES string of the molecule is CCc1nnc(N(C)CC2CCCCC2)s1. The van der Waals surface area contributed by atoms with Crippen LogP contribution in [0.3, 0.4) is 0 Å². The highest BCUT2D eigenvalue weighted by atomic mass is 32.1. The Morgan fingerprint density at radius 2 is 2.00 bits per heavy atom. The minimum Gasteiger partial charge on any atom is -0.349 e. The molecule has 1 aromatic rings. The van der Waals surface area contributed by atoms with E-state index in [1.807, 2.05) is 0 Å². The minimum absolute atomic E-state index is 0.868. The van der Waals surface area contributed by atoms with Crippen molar-refractivity contribution < 1.29 is 0 Å². The van der Waals surface area contributed by atoms with Gasteiger partial charge in [0.15, 0.2) is 0 Å². The highest BCUT2D eigenvalue weighted by Crippen LogP contribution is 2.27. The number of hydrogen-bond donors (Lipinski definition) is 0. The third-order valence-electron chi connectivity index (χ3n) is 3.34. The lowest BCUT2D eigenvalue weighted by atomic mass is 9.89. The summed E-state index contributed by atoms with van der Waals surface area (Å²) in [6, 6.07) is 0. The highest BCUT2D eigenvalue weighted by molar-refractivity contribution is 7.15. The monoisotopic (exact) mass is 239 g/mol. The summed E-state index contributed by atoms with van der Waals surface area (Å²) in [7, 11) is 2.15. The fraction of sp³-hybridized carbons (Fsp3) is 0.833. The molecule has 0 saturated heterocycles. The van der Waals surface area contributed by atoms with Crippen molar-refractivity contribution >= 4 is 16.5 Å². The molecule has 4 heteroatoms. The summed E-state index contributed by atoms with van der Waals surface area (Å²) in [6.07, 6.45) is 8.03. The van der Waals surface area contributed by atoms with Crippen molar-refractivity contribution in [3.05, 3.63) is 5.01 Å². The van der Waals surface area contributed by atoms with Crippen LogP contribution >= 0.6 is 11.3 Å². The molecular weight excluding hydrogens is 218 g/mol. The maximum atomic E-state index is 4.25. The molecule has 1 saturated carbocycles. The molecule has 0 N–H and O–H groups in total. The lowest BCUT2D eigenvalue weighted by molar-refractivity contribution is 0.362. The number of rotatable bonds is 4. The van der Waals surface area contributed by atoms with Gasteiger partial charge in [-0.1, -0.05) is 37.5 Å². The van der Waals surface area contributed by atoms with Crippen LogP contribution < -0.4 is 4.90 Å². The van der Waals surface area contributed by atoms with Crippen LogP contribution in [0.5, 0.6) is 0 Å². The molecule has 0 spiro atoms. The third-order valence-corrected chi connectivity index (χ3v) is 4.52. The zero-order chi connectivity index (χ0) is 11.4. The van der Waals surface area contributed by atoms with Crippen LogP contribution in [-0.2, 0) is 6.42 Å². The van der Waals surface area contributed by atoms with E-state index in [1.165, 1.54) is 32.1 Å². The van der Waals surface area contributed by atoms with Gasteiger partial charge in [-0.3, -0.25) is 0 Å². The Hall–Kier alpha value is -0.640. The van der Waals surface area contributed by atoms with Crippen molar-refractivity contribution in [2.45, 2.75) is 45.4 Å². The molecule has 0 radical (unpaired) electrons. The fourth-order valence-corrected chi connectivity index (χ4v) is 3.13. The summed E-state index contributed by atoms with van der Waals surface area (Å²) >= 11 is 1.73. The molecule has 0 aliphatic heterocycles. The topological polar surface area (TPSA) is 29.0 Å². The maximum Gasteiger partial charge on any atom is 0.208 e. The lowest BCUT2D eigenvalue weighted by Crippen LogP contribution is -2.26. The van der Waals surface area contributed by atoms with E-state index in [9.17, 15) is 0 Å². The summed E-state index contributed by atoms with van der Waals surface area (Å²) in [4.78, 5) is 2.28. The molecule has 0 amide bonds. The van der Waals surface area contributed by atoms with E-state index in [-0.39, 0.29) is 0 Å². The molecule has 3 nitrogen and oxygen atoms in total. The first-order valence-corrected chi connectivity index (χ1v) is 7.14. The van der Waals surface area contributed by atoms with Crippen LogP contribution in [0, 0.1) is 5.92 Å². The van der Waals surface area contributed by atoms with Gasteiger partial charge in [0.2, 0.25) is 5.13 Å². The smallest absolute Gasteiger partial charge is 0.208 e. The standard InChI is InChI=1S/C12H21N3S/c1-3-11-13-14-12(16-11)15(2)9-10-7-5-4-6-8-10/h10H,3-9H2,1-2H3. The Bertz CT molecular complexity index is 318. The average Bonchev–Trinajstić information content (AvgIpc) is 2.79. The van der Waals surface area contributed by atoms with Crippen LogP contribution in [0.2, 0.25) is 0 Å². The first-order chi connectivity index (χ1) is 7.79. The van der Waals surface area contributed by atoms with Gasteiger partial charge in [-0.05, 0) is 25.2 Å². The first kappa shape index (κ1) is 11.8. The Kier molecular flexibility index (Phi) is 4.16. The second-order valence-electron chi connectivity index (χ2n) is 4.72. The molecule has 1 aromatic heterocycles. The zero-order valence-corrected chi connectivity index (χ0v) is 11.1. The van der Waals surface area contributed by atoms with Gasteiger partial charge >= 0.3 is 0 Å². The van der Waals surface area contributed by atoms with Crippen molar-refractivity contribution in [1.82, 2.24) is 10.2 Å². The van der Waals surface area contributed by atoms with E-state index in [0.29, 0.717) is 0 Å². The summed E-state index contributed by atoms with van der Waals surface area (Å²) in [5.41, 5.74) is 0. The molecule has 0 unspecified atom stereocenters. The van der Waals surface area contributed by atoms with Gasteiger partial charge in [0, 0.05) is 13.6 Å². The Morgan fingerprint density at radius 3 is 2.62 bits per heavy atom. The largest absolute Gasteiger partial charge is 0.349 e. The van der Waals surface area contributed by atoms with Gasteiger partial charge in [-0.2, -0.15) is 0 Å². The normalized spacial score (nSPS) is 17.6. The fourth-order valence-electron chi connectivity index (χ4n) is 2.38. The van der Waals surface area contributed by atoms with Crippen LogP contribution in [-0.4, -0.2) is 23.8 Å². The van der Waals surface area contributed by atoms with E-state index in [2.05, 4.69) is 29.1 Å². The number of nitrogens with zero attached hydrogens (tertiary/aromatic N) is 3. The molecule has 16 heavy (non-hydrogen) atoms. The van der Waals surface area contributed by atoms with Crippen LogP contribution in [0.4, 0.5) is 5.13 Å². The molecule has 0 bridgehead atoms. The Labute approximate surface area is 102 Å². The molecule has 0 atom stereocenters.